The SMILES string of the molecule is CC(C)(C)c1nc(Cl)cc(Nc2ccccc2C#N)n1. The molecule has 0 saturated heterocycles. The fourth-order valence-corrected chi connectivity index (χ4v) is 1.83. The third kappa shape index (κ3) is 3.25. The minimum absolute atomic E-state index is 0.198. The number of halogens is 1. The van der Waals surface area contributed by atoms with E-state index in [4.69, 9.17) is 16.9 Å². The van der Waals surface area contributed by atoms with Crippen molar-refractivity contribution in [3.8, 4) is 6.07 Å². The highest BCUT2D eigenvalue weighted by Crippen LogP contribution is 2.25. The lowest BCUT2D eigenvalue weighted by atomic mass is 9.96. The van der Waals surface area contributed by atoms with Gasteiger partial charge in [-0.2, -0.15) is 5.26 Å². The van der Waals surface area contributed by atoms with Gasteiger partial charge in [0.05, 0.1) is 11.3 Å². The third-order valence-corrected chi connectivity index (χ3v) is 2.87. The molecule has 2 aromatic rings. The van der Waals surface area contributed by atoms with E-state index in [1.807, 2.05) is 39.0 Å². The van der Waals surface area contributed by atoms with E-state index in [2.05, 4.69) is 21.4 Å². The fraction of sp³-hybridized carbons (Fsp3) is 0.267. The molecule has 0 bridgehead atoms. The average Bonchev–Trinajstić information content (AvgIpc) is 2.37. The molecule has 4 nitrogen and oxygen atoms in total. The largest absolute Gasteiger partial charge is 0.339 e. The molecule has 0 aliphatic rings. The first-order valence-corrected chi connectivity index (χ1v) is 6.59. The fourth-order valence-electron chi connectivity index (χ4n) is 1.64. The first-order valence-electron chi connectivity index (χ1n) is 6.21. The number of nitrogens with one attached hydrogen (secondary N) is 1. The van der Waals surface area contributed by atoms with Gasteiger partial charge >= 0.3 is 0 Å². The Kier molecular flexibility index (Phi) is 3.91. The normalized spacial score (nSPS) is 10.9. The number of hydrogen-bond acceptors (Lipinski definition) is 4. The molecule has 2 rings (SSSR count). The number of nitriles is 1. The molecule has 1 aromatic carbocycles. The molecule has 1 N–H and O–H groups in total. The van der Waals surface area contributed by atoms with Gasteiger partial charge in [0.2, 0.25) is 0 Å². The summed E-state index contributed by atoms with van der Waals surface area (Å²) in [6.45, 7) is 6.06. The van der Waals surface area contributed by atoms with E-state index in [0.717, 1.165) is 0 Å². The molecule has 0 spiro atoms. The van der Waals surface area contributed by atoms with Crippen molar-refractivity contribution >= 4 is 23.1 Å². The van der Waals surface area contributed by atoms with Gasteiger partial charge in [0.15, 0.2) is 0 Å². The number of rotatable bonds is 2. The maximum absolute atomic E-state index is 9.09. The van der Waals surface area contributed by atoms with Gasteiger partial charge in [0.25, 0.3) is 0 Å². The Morgan fingerprint density at radius 3 is 2.55 bits per heavy atom. The smallest absolute Gasteiger partial charge is 0.137 e. The molecule has 1 heterocycles. The van der Waals surface area contributed by atoms with Crippen molar-refractivity contribution in [3.63, 3.8) is 0 Å². The molecule has 1 aromatic heterocycles. The maximum atomic E-state index is 9.09. The summed E-state index contributed by atoms with van der Waals surface area (Å²) in [6.07, 6.45) is 0. The molecule has 5 heteroatoms. The van der Waals surface area contributed by atoms with Gasteiger partial charge in [0.1, 0.15) is 22.9 Å². The van der Waals surface area contributed by atoms with Gasteiger partial charge < -0.3 is 5.32 Å². The van der Waals surface area contributed by atoms with Crippen LogP contribution < -0.4 is 5.32 Å². The van der Waals surface area contributed by atoms with Gasteiger partial charge in [-0.3, -0.25) is 0 Å². The summed E-state index contributed by atoms with van der Waals surface area (Å²) >= 11 is 6.04. The van der Waals surface area contributed by atoms with Gasteiger partial charge in [0, 0.05) is 11.5 Å². The molecule has 0 unspecified atom stereocenters. The Hall–Kier alpha value is -2.12. The van der Waals surface area contributed by atoms with Gasteiger partial charge in [-0.1, -0.05) is 44.5 Å². The highest BCUT2D eigenvalue weighted by molar-refractivity contribution is 6.29. The molecule has 0 amide bonds. The van der Waals surface area contributed by atoms with Gasteiger partial charge in [-0.15, -0.1) is 0 Å². The van der Waals surface area contributed by atoms with E-state index in [9.17, 15) is 0 Å². The van der Waals surface area contributed by atoms with Crippen molar-refractivity contribution in [2.45, 2.75) is 26.2 Å². The lowest BCUT2D eigenvalue weighted by Gasteiger charge is -2.18. The van der Waals surface area contributed by atoms with Crippen LogP contribution in [0.2, 0.25) is 5.15 Å². The predicted molar refractivity (Wildman–Crippen MR) is 80.2 cm³/mol. The zero-order valence-corrected chi connectivity index (χ0v) is 12.4. The van der Waals surface area contributed by atoms with Gasteiger partial charge in [-0.25, -0.2) is 9.97 Å². The lowest BCUT2D eigenvalue weighted by Crippen LogP contribution is -2.16. The number of para-hydroxylation sites is 1. The summed E-state index contributed by atoms with van der Waals surface area (Å²) in [5.41, 5.74) is 1.06. The summed E-state index contributed by atoms with van der Waals surface area (Å²) in [7, 11) is 0. The van der Waals surface area contributed by atoms with Crippen LogP contribution in [0.25, 0.3) is 0 Å². The van der Waals surface area contributed by atoms with Crippen molar-refractivity contribution in [2.24, 2.45) is 0 Å². The first kappa shape index (κ1) is 14.3. The number of aromatic nitrogens is 2. The summed E-state index contributed by atoms with van der Waals surface area (Å²) in [4.78, 5) is 8.70. The minimum Gasteiger partial charge on any atom is -0.339 e. The summed E-state index contributed by atoms with van der Waals surface area (Å²) in [5, 5.41) is 12.6. The van der Waals surface area contributed by atoms with Crippen LogP contribution in [0.15, 0.2) is 30.3 Å². The van der Waals surface area contributed by atoms with Crippen molar-refractivity contribution in [1.29, 1.82) is 5.26 Å². The van der Waals surface area contributed by atoms with E-state index in [-0.39, 0.29) is 5.41 Å². The second-order valence-corrected chi connectivity index (χ2v) is 5.82. The predicted octanol–water partition coefficient (Wildman–Crippen LogP) is 4.04. The molecule has 20 heavy (non-hydrogen) atoms. The standard InChI is InChI=1S/C15H15ClN4/c1-15(2,3)14-19-12(16)8-13(20-14)18-11-7-5-4-6-10(11)9-17/h4-8H,1-3H3,(H,18,19,20). The molecule has 0 aliphatic carbocycles. The molecule has 0 fully saturated rings. The monoisotopic (exact) mass is 286 g/mol. The van der Waals surface area contributed by atoms with Crippen molar-refractivity contribution in [1.82, 2.24) is 9.97 Å². The highest BCUT2D eigenvalue weighted by atomic mass is 35.5. The second kappa shape index (κ2) is 5.48. The number of anilines is 2. The first-order chi connectivity index (χ1) is 9.40. The van der Waals surface area contributed by atoms with E-state index in [1.165, 1.54) is 0 Å². The van der Waals surface area contributed by atoms with E-state index in [0.29, 0.717) is 28.0 Å². The zero-order valence-electron chi connectivity index (χ0n) is 11.6. The van der Waals surface area contributed by atoms with E-state index < -0.39 is 0 Å². The Balaban J connectivity index is 2.40. The van der Waals surface area contributed by atoms with Crippen LogP contribution in [0.4, 0.5) is 11.5 Å². The Morgan fingerprint density at radius 2 is 1.90 bits per heavy atom. The van der Waals surface area contributed by atoms with Crippen molar-refractivity contribution < 1.29 is 0 Å². The Labute approximate surface area is 123 Å². The summed E-state index contributed by atoms with van der Waals surface area (Å²) in [6, 6.07) is 11.0. The van der Waals surface area contributed by atoms with Gasteiger partial charge in [-0.05, 0) is 12.1 Å². The molecule has 0 saturated carbocycles. The molecular formula is C15H15ClN4. The van der Waals surface area contributed by atoms with Crippen LogP contribution in [0.5, 0.6) is 0 Å². The van der Waals surface area contributed by atoms with Crippen LogP contribution in [-0.2, 0) is 5.41 Å². The van der Waals surface area contributed by atoms with Crippen molar-refractivity contribution in [3.05, 3.63) is 46.9 Å². The molecule has 0 radical (unpaired) electrons. The highest BCUT2D eigenvalue weighted by Gasteiger charge is 2.19. The van der Waals surface area contributed by atoms with Crippen LogP contribution in [0.1, 0.15) is 32.2 Å². The quantitative estimate of drug-likeness (QED) is 0.846. The van der Waals surface area contributed by atoms with E-state index >= 15 is 0 Å². The maximum Gasteiger partial charge on any atom is 0.137 e. The Morgan fingerprint density at radius 1 is 1.20 bits per heavy atom. The minimum atomic E-state index is -0.198. The topological polar surface area (TPSA) is 61.6 Å². The lowest BCUT2D eigenvalue weighted by molar-refractivity contribution is 0.546. The number of hydrogen-bond donors (Lipinski definition) is 1. The molecule has 102 valence electrons. The molecular weight excluding hydrogens is 272 g/mol. The molecule has 0 atom stereocenters. The Bertz CT molecular complexity index is 668. The van der Waals surface area contributed by atoms with Crippen LogP contribution in [0.3, 0.4) is 0 Å². The summed E-state index contributed by atoms with van der Waals surface area (Å²) in [5.74, 6) is 1.24. The van der Waals surface area contributed by atoms with Crippen LogP contribution >= 0.6 is 11.6 Å². The van der Waals surface area contributed by atoms with E-state index in [1.54, 1.807) is 12.1 Å². The van der Waals surface area contributed by atoms with Crippen LogP contribution in [0, 0.1) is 11.3 Å². The molecule has 0 aliphatic heterocycles. The second-order valence-electron chi connectivity index (χ2n) is 5.43. The van der Waals surface area contributed by atoms with Crippen LogP contribution in [-0.4, -0.2) is 9.97 Å². The van der Waals surface area contributed by atoms with Crippen molar-refractivity contribution in [2.75, 3.05) is 5.32 Å². The zero-order chi connectivity index (χ0) is 14.8. The third-order valence-electron chi connectivity index (χ3n) is 2.68. The number of benzene rings is 1. The summed E-state index contributed by atoms with van der Waals surface area (Å²) < 4.78 is 0. The average molecular weight is 287 g/mol. The number of nitrogens with zero attached hydrogens (tertiary/aromatic N) is 3.